The van der Waals surface area contributed by atoms with E-state index in [2.05, 4.69) is 32.6 Å². The molecule has 0 heterocycles. The summed E-state index contributed by atoms with van der Waals surface area (Å²) in [5.74, 6) is 7.38. The van der Waals surface area contributed by atoms with Crippen molar-refractivity contribution in [2.75, 3.05) is 0 Å². The summed E-state index contributed by atoms with van der Waals surface area (Å²) >= 11 is 0. The minimum Gasteiger partial charge on any atom is -0.103 e. The highest BCUT2D eigenvalue weighted by Crippen LogP contribution is 2.15. The molecule has 0 radical (unpaired) electrons. The monoisotopic (exact) mass is 278 g/mol. The summed E-state index contributed by atoms with van der Waals surface area (Å²) in [6, 6.07) is 0. The van der Waals surface area contributed by atoms with Crippen LogP contribution in [0.15, 0.2) is 0 Å². The van der Waals surface area contributed by atoms with Crippen LogP contribution in [-0.2, 0) is 0 Å². The predicted molar refractivity (Wildman–Crippen MR) is 92.9 cm³/mol. The van der Waals surface area contributed by atoms with Gasteiger partial charge in [0.1, 0.15) is 0 Å². The molecule has 0 nitrogen and oxygen atoms in total. The van der Waals surface area contributed by atoms with E-state index < -0.39 is 0 Å². The van der Waals surface area contributed by atoms with Crippen molar-refractivity contribution in [2.45, 2.75) is 111 Å². The molecule has 0 aliphatic carbocycles. The van der Waals surface area contributed by atoms with Crippen molar-refractivity contribution < 1.29 is 0 Å². The van der Waals surface area contributed by atoms with Crippen LogP contribution in [0.1, 0.15) is 111 Å². The van der Waals surface area contributed by atoms with E-state index in [9.17, 15) is 0 Å². The molecule has 0 bridgehead atoms. The van der Waals surface area contributed by atoms with E-state index in [0.717, 1.165) is 18.8 Å². The molecule has 0 N–H and O–H groups in total. The molecule has 0 heteroatoms. The second kappa shape index (κ2) is 16.6. The highest BCUT2D eigenvalue weighted by atomic mass is 14.0. The lowest BCUT2D eigenvalue weighted by Crippen LogP contribution is -1.93. The minimum absolute atomic E-state index is 0.799. The second-order valence-electron chi connectivity index (χ2n) is 6.38. The average molecular weight is 279 g/mol. The number of unbranched alkanes of at least 4 members (excludes halogenated alkanes) is 10. The first-order valence-corrected chi connectivity index (χ1v) is 9.27. The number of hydrogen-bond acceptors (Lipinski definition) is 0. The Kier molecular flexibility index (Phi) is 16.2. The summed E-state index contributed by atoms with van der Waals surface area (Å²) in [6.07, 6.45) is 19.1. The Morgan fingerprint density at radius 3 is 1.75 bits per heavy atom. The first-order chi connectivity index (χ1) is 9.81. The fourth-order valence-corrected chi connectivity index (χ4v) is 2.54. The normalized spacial score (nSPS) is 11.9. The van der Waals surface area contributed by atoms with Crippen LogP contribution in [0.2, 0.25) is 0 Å². The number of rotatable bonds is 13. The Balaban J connectivity index is 3.17. The largest absolute Gasteiger partial charge is 0.103 e. The van der Waals surface area contributed by atoms with Gasteiger partial charge in [-0.1, -0.05) is 85.0 Å². The van der Waals surface area contributed by atoms with E-state index in [0.29, 0.717) is 0 Å². The van der Waals surface area contributed by atoms with Gasteiger partial charge in [0.25, 0.3) is 0 Å². The van der Waals surface area contributed by atoms with Crippen molar-refractivity contribution in [3.63, 3.8) is 0 Å². The maximum Gasteiger partial charge on any atom is 0.0114 e. The lowest BCUT2D eigenvalue weighted by Gasteiger charge is -2.07. The van der Waals surface area contributed by atoms with Gasteiger partial charge >= 0.3 is 0 Å². The van der Waals surface area contributed by atoms with Crippen molar-refractivity contribution in [1.82, 2.24) is 0 Å². The lowest BCUT2D eigenvalue weighted by atomic mass is 9.99. The molecule has 1 atom stereocenters. The summed E-state index contributed by atoms with van der Waals surface area (Å²) < 4.78 is 0. The third kappa shape index (κ3) is 15.6. The Bertz CT molecular complexity index is 230. The topological polar surface area (TPSA) is 0 Å². The molecule has 0 amide bonds. The molecule has 0 fully saturated rings. The highest BCUT2D eigenvalue weighted by Gasteiger charge is 1.99. The van der Waals surface area contributed by atoms with Crippen LogP contribution in [0, 0.1) is 17.8 Å². The van der Waals surface area contributed by atoms with Gasteiger partial charge in [-0.05, 0) is 18.8 Å². The van der Waals surface area contributed by atoms with Gasteiger partial charge < -0.3 is 0 Å². The smallest absolute Gasteiger partial charge is 0.0114 e. The summed E-state index contributed by atoms with van der Waals surface area (Å²) in [5.41, 5.74) is 0. The van der Waals surface area contributed by atoms with Gasteiger partial charge in [-0.3, -0.25) is 0 Å². The molecule has 0 saturated carbocycles. The fourth-order valence-electron chi connectivity index (χ4n) is 2.54. The Hall–Kier alpha value is -0.440. The van der Waals surface area contributed by atoms with E-state index in [-0.39, 0.29) is 0 Å². The SMILES string of the molecule is CCCC#CCC(C)CCCCCCCCCCCC. The van der Waals surface area contributed by atoms with Crippen LogP contribution in [0.3, 0.4) is 0 Å². The molecule has 0 aliphatic heterocycles. The molecule has 0 rings (SSSR count). The minimum atomic E-state index is 0.799. The van der Waals surface area contributed by atoms with Gasteiger partial charge in [0, 0.05) is 12.8 Å². The third-order valence-electron chi connectivity index (χ3n) is 4.00. The fraction of sp³-hybridized carbons (Fsp3) is 0.900. The Morgan fingerprint density at radius 2 is 1.20 bits per heavy atom. The summed E-state index contributed by atoms with van der Waals surface area (Å²) in [7, 11) is 0. The van der Waals surface area contributed by atoms with Crippen molar-refractivity contribution in [3.05, 3.63) is 0 Å². The van der Waals surface area contributed by atoms with Gasteiger partial charge in [-0.25, -0.2) is 0 Å². The molecule has 0 saturated heterocycles. The van der Waals surface area contributed by atoms with Crippen LogP contribution < -0.4 is 0 Å². The number of hydrogen-bond donors (Lipinski definition) is 0. The van der Waals surface area contributed by atoms with Crippen molar-refractivity contribution >= 4 is 0 Å². The quantitative estimate of drug-likeness (QED) is 0.248. The zero-order valence-corrected chi connectivity index (χ0v) is 14.5. The molecular weight excluding hydrogens is 240 g/mol. The summed E-state index contributed by atoms with van der Waals surface area (Å²) in [6.45, 7) is 6.84. The molecule has 0 aromatic rings. The van der Waals surface area contributed by atoms with Gasteiger partial charge in [0.15, 0.2) is 0 Å². The second-order valence-corrected chi connectivity index (χ2v) is 6.38. The van der Waals surface area contributed by atoms with E-state index in [1.807, 2.05) is 0 Å². The molecule has 118 valence electrons. The standard InChI is InChI=1S/C20H38/c1-4-6-8-10-11-12-13-14-15-17-19-20(3)18-16-9-7-5-2/h20H,4-8,10-15,17-19H2,1-3H3. The molecule has 0 aliphatic rings. The van der Waals surface area contributed by atoms with Crippen LogP contribution in [0.25, 0.3) is 0 Å². The first kappa shape index (κ1) is 19.6. The van der Waals surface area contributed by atoms with Crippen molar-refractivity contribution in [3.8, 4) is 11.8 Å². The summed E-state index contributed by atoms with van der Waals surface area (Å²) in [5, 5.41) is 0. The maximum absolute atomic E-state index is 3.32. The molecule has 0 aromatic heterocycles. The van der Waals surface area contributed by atoms with Gasteiger partial charge in [-0.15, -0.1) is 11.8 Å². The third-order valence-corrected chi connectivity index (χ3v) is 4.00. The molecular formula is C20H38. The van der Waals surface area contributed by atoms with Crippen molar-refractivity contribution in [2.24, 2.45) is 5.92 Å². The molecule has 0 aromatic carbocycles. The Labute approximate surface area is 129 Å². The van der Waals surface area contributed by atoms with Crippen LogP contribution >= 0.6 is 0 Å². The van der Waals surface area contributed by atoms with Crippen LogP contribution in [-0.4, -0.2) is 0 Å². The van der Waals surface area contributed by atoms with E-state index >= 15 is 0 Å². The first-order valence-electron chi connectivity index (χ1n) is 9.27. The highest BCUT2D eigenvalue weighted by molar-refractivity contribution is 4.99. The van der Waals surface area contributed by atoms with Crippen LogP contribution in [0.4, 0.5) is 0 Å². The molecule has 1 unspecified atom stereocenters. The van der Waals surface area contributed by atoms with Crippen molar-refractivity contribution in [1.29, 1.82) is 0 Å². The van der Waals surface area contributed by atoms with E-state index in [1.165, 1.54) is 77.0 Å². The molecule has 20 heavy (non-hydrogen) atoms. The zero-order valence-electron chi connectivity index (χ0n) is 14.5. The Morgan fingerprint density at radius 1 is 0.650 bits per heavy atom. The van der Waals surface area contributed by atoms with Gasteiger partial charge in [0.05, 0.1) is 0 Å². The zero-order chi connectivity index (χ0) is 14.9. The average Bonchev–Trinajstić information content (AvgIpc) is 2.45. The van der Waals surface area contributed by atoms with Crippen LogP contribution in [0.5, 0.6) is 0 Å². The maximum atomic E-state index is 3.32. The van der Waals surface area contributed by atoms with E-state index in [4.69, 9.17) is 0 Å². The van der Waals surface area contributed by atoms with E-state index in [1.54, 1.807) is 0 Å². The van der Waals surface area contributed by atoms with Gasteiger partial charge in [-0.2, -0.15) is 0 Å². The lowest BCUT2D eigenvalue weighted by molar-refractivity contribution is 0.487. The molecule has 0 spiro atoms. The predicted octanol–water partition coefficient (Wildman–Crippen LogP) is 7.13. The summed E-state index contributed by atoms with van der Waals surface area (Å²) in [4.78, 5) is 0. The van der Waals surface area contributed by atoms with Gasteiger partial charge in [0.2, 0.25) is 0 Å².